The molecule has 29 heavy (non-hydrogen) atoms. The molecule has 1 aliphatic carbocycles. The van der Waals surface area contributed by atoms with Crippen molar-refractivity contribution in [3.8, 4) is 0 Å². The van der Waals surface area contributed by atoms with Gasteiger partial charge in [0.2, 0.25) is 11.8 Å². The van der Waals surface area contributed by atoms with Crippen LogP contribution in [-0.4, -0.2) is 67.4 Å². The minimum absolute atomic E-state index is 0.00555. The molecule has 1 atom stereocenters. The van der Waals surface area contributed by atoms with E-state index >= 15 is 0 Å². The third-order valence-electron chi connectivity index (χ3n) is 6.41. The maximum Gasteiger partial charge on any atom is 0.229 e. The van der Waals surface area contributed by atoms with Crippen molar-refractivity contribution < 1.29 is 9.59 Å². The van der Waals surface area contributed by atoms with E-state index in [0.29, 0.717) is 11.6 Å². The highest BCUT2D eigenvalue weighted by Gasteiger charge is 2.36. The van der Waals surface area contributed by atoms with Gasteiger partial charge in [-0.1, -0.05) is 18.5 Å². The van der Waals surface area contributed by atoms with Gasteiger partial charge in [0.15, 0.2) is 0 Å². The van der Waals surface area contributed by atoms with Gasteiger partial charge in [-0.05, 0) is 50.4 Å². The van der Waals surface area contributed by atoms with Gasteiger partial charge in [-0.25, -0.2) is 0 Å². The Morgan fingerprint density at radius 3 is 2.52 bits per heavy atom. The van der Waals surface area contributed by atoms with Crippen LogP contribution < -0.4 is 10.2 Å². The molecule has 1 unspecified atom stereocenters. The summed E-state index contributed by atoms with van der Waals surface area (Å²) in [7, 11) is 0. The highest BCUT2D eigenvalue weighted by Crippen LogP contribution is 2.34. The monoisotopic (exact) mass is 418 g/mol. The predicted molar refractivity (Wildman–Crippen MR) is 116 cm³/mol. The Kier molecular flexibility index (Phi) is 6.30. The smallest absolute Gasteiger partial charge is 0.229 e. The van der Waals surface area contributed by atoms with Gasteiger partial charge >= 0.3 is 0 Å². The average molecular weight is 419 g/mol. The highest BCUT2D eigenvalue weighted by atomic mass is 35.5. The topological polar surface area (TPSA) is 55.9 Å². The molecule has 2 amide bonds. The number of hydrogen-bond acceptors (Lipinski definition) is 4. The third-order valence-corrected chi connectivity index (χ3v) is 6.64. The molecule has 0 radical (unpaired) electrons. The van der Waals surface area contributed by atoms with Crippen LogP contribution in [0.25, 0.3) is 0 Å². The average Bonchev–Trinajstić information content (AvgIpc) is 3.59. The molecule has 3 fully saturated rings. The maximum absolute atomic E-state index is 13.0. The number of piperazine rings is 1. The second-order valence-corrected chi connectivity index (χ2v) is 8.91. The van der Waals surface area contributed by atoms with Crippen LogP contribution in [0, 0.1) is 11.8 Å². The zero-order chi connectivity index (χ0) is 20.4. The summed E-state index contributed by atoms with van der Waals surface area (Å²) in [4.78, 5) is 32.1. The lowest BCUT2D eigenvalue weighted by Crippen LogP contribution is -2.46. The Hall–Kier alpha value is -1.79. The lowest BCUT2D eigenvalue weighted by Gasteiger charge is -2.37. The molecular weight excluding hydrogens is 388 g/mol. The third kappa shape index (κ3) is 4.86. The molecule has 4 rings (SSSR count). The van der Waals surface area contributed by atoms with E-state index in [1.807, 2.05) is 23.1 Å². The van der Waals surface area contributed by atoms with E-state index < -0.39 is 0 Å². The van der Waals surface area contributed by atoms with Crippen molar-refractivity contribution in [2.45, 2.75) is 32.6 Å². The molecule has 2 aliphatic heterocycles. The molecule has 0 bridgehead atoms. The first kappa shape index (κ1) is 20.5. The number of nitrogens with one attached hydrogen (secondary N) is 1. The van der Waals surface area contributed by atoms with E-state index in [-0.39, 0.29) is 23.7 Å². The van der Waals surface area contributed by atoms with Crippen molar-refractivity contribution in [2.24, 2.45) is 11.8 Å². The Morgan fingerprint density at radius 1 is 1.07 bits per heavy atom. The molecule has 158 valence electrons. The molecule has 3 aliphatic rings. The fraction of sp³-hybridized carbons (Fsp3) is 0.636. The SMILES string of the molecule is CCN1CCN(c2ccc(Cl)cc2NC(=O)C2CCCN(C(=O)C3CC3)C2)CC1. The van der Waals surface area contributed by atoms with Crippen LogP contribution in [-0.2, 0) is 9.59 Å². The number of anilines is 2. The summed E-state index contributed by atoms with van der Waals surface area (Å²) in [5.74, 6) is 0.280. The first-order chi connectivity index (χ1) is 14.0. The first-order valence-corrected chi connectivity index (χ1v) is 11.3. The molecule has 1 saturated carbocycles. The number of rotatable bonds is 5. The maximum atomic E-state index is 13.0. The summed E-state index contributed by atoms with van der Waals surface area (Å²) in [5, 5.41) is 3.75. The van der Waals surface area contributed by atoms with Crippen molar-refractivity contribution in [2.75, 3.05) is 56.0 Å². The van der Waals surface area contributed by atoms with Crippen LogP contribution in [0.5, 0.6) is 0 Å². The molecule has 2 saturated heterocycles. The number of piperidine rings is 1. The minimum Gasteiger partial charge on any atom is -0.367 e. The summed E-state index contributed by atoms with van der Waals surface area (Å²) in [5.41, 5.74) is 1.80. The van der Waals surface area contributed by atoms with E-state index in [1.54, 1.807) is 0 Å². The highest BCUT2D eigenvalue weighted by molar-refractivity contribution is 6.31. The predicted octanol–water partition coefficient (Wildman–Crippen LogP) is 3.07. The molecule has 7 heteroatoms. The lowest BCUT2D eigenvalue weighted by molar-refractivity contribution is -0.135. The number of halogens is 1. The Labute approximate surface area is 178 Å². The fourth-order valence-corrected chi connectivity index (χ4v) is 4.58. The van der Waals surface area contributed by atoms with Crippen LogP contribution in [0.1, 0.15) is 32.6 Å². The van der Waals surface area contributed by atoms with Crippen LogP contribution in [0.2, 0.25) is 5.02 Å². The Morgan fingerprint density at radius 2 is 1.83 bits per heavy atom. The molecule has 2 heterocycles. The standard InChI is InChI=1S/C22H31ClN4O2/c1-2-25-10-12-26(13-11-25)20-8-7-18(23)14-19(20)24-21(28)17-4-3-9-27(15-17)22(29)16-5-6-16/h7-8,14,16-17H,2-6,9-13,15H2,1H3,(H,24,28). The molecule has 1 aromatic rings. The van der Waals surface area contributed by atoms with Crippen molar-refractivity contribution in [1.82, 2.24) is 9.80 Å². The Balaban J connectivity index is 1.43. The van der Waals surface area contributed by atoms with Crippen LogP contribution >= 0.6 is 11.6 Å². The lowest BCUT2D eigenvalue weighted by atomic mass is 9.96. The first-order valence-electron chi connectivity index (χ1n) is 10.9. The molecule has 0 aromatic heterocycles. The summed E-state index contributed by atoms with van der Waals surface area (Å²) in [6, 6.07) is 5.73. The number of benzene rings is 1. The zero-order valence-corrected chi connectivity index (χ0v) is 18.0. The van der Waals surface area contributed by atoms with Crippen LogP contribution in [0.15, 0.2) is 18.2 Å². The van der Waals surface area contributed by atoms with E-state index in [1.165, 1.54) is 0 Å². The second-order valence-electron chi connectivity index (χ2n) is 8.47. The number of nitrogens with zero attached hydrogens (tertiary/aromatic N) is 3. The largest absolute Gasteiger partial charge is 0.367 e. The van der Waals surface area contributed by atoms with Gasteiger partial charge in [-0.15, -0.1) is 0 Å². The number of amides is 2. The summed E-state index contributed by atoms with van der Waals surface area (Å²) in [6.45, 7) is 8.48. The number of likely N-dealkylation sites (tertiary alicyclic amines) is 1. The molecule has 1 N–H and O–H groups in total. The number of hydrogen-bond donors (Lipinski definition) is 1. The van der Waals surface area contributed by atoms with Crippen molar-refractivity contribution >= 4 is 34.8 Å². The van der Waals surface area contributed by atoms with Gasteiger partial charge in [-0.3, -0.25) is 9.59 Å². The van der Waals surface area contributed by atoms with E-state index in [9.17, 15) is 9.59 Å². The summed E-state index contributed by atoms with van der Waals surface area (Å²) in [6.07, 6.45) is 3.72. The molecule has 1 aromatic carbocycles. The van der Waals surface area contributed by atoms with E-state index in [4.69, 9.17) is 11.6 Å². The summed E-state index contributed by atoms with van der Waals surface area (Å²) >= 11 is 6.25. The number of carbonyl (C=O) groups is 2. The van der Waals surface area contributed by atoms with Crippen LogP contribution in [0.4, 0.5) is 11.4 Å². The zero-order valence-electron chi connectivity index (χ0n) is 17.2. The molecular formula is C22H31ClN4O2. The van der Waals surface area contributed by atoms with Gasteiger partial charge in [0.1, 0.15) is 0 Å². The van der Waals surface area contributed by atoms with Crippen molar-refractivity contribution in [1.29, 1.82) is 0 Å². The van der Waals surface area contributed by atoms with Crippen molar-refractivity contribution in [3.63, 3.8) is 0 Å². The quantitative estimate of drug-likeness (QED) is 0.798. The van der Waals surface area contributed by atoms with Gasteiger partial charge in [0.05, 0.1) is 17.3 Å². The van der Waals surface area contributed by atoms with E-state index in [0.717, 1.165) is 76.3 Å². The summed E-state index contributed by atoms with van der Waals surface area (Å²) < 4.78 is 0. The normalized spacial score (nSPS) is 23.2. The fourth-order valence-electron chi connectivity index (χ4n) is 4.40. The van der Waals surface area contributed by atoms with Gasteiger partial charge in [0, 0.05) is 50.2 Å². The second kappa shape index (κ2) is 8.92. The number of carbonyl (C=O) groups excluding carboxylic acids is 2. The molecule has 0 spiro atoms. The number of likely N-dealkylation sites (N-methyl/N-ethyl adjacent to an activating group) is 1. The van der Waals surface area contributed by atoms with Gasteiger partial charge < -0.3 is 20.0 Å². The van der Waals surface area contributed by atoms with Gasteiger partial charge in [0.25, 0.3) is 0 Å². The van der Waals surface area contributed by atoms with E-state index in [2.05, 4.69) is 22.0 Å². The van der Waals surface area contributed by atoms with Crippen LogP contribution in [0.3, 0.4) is 0 Å². The van der Waals surface area contributed by atoms with Gasteiger partial charge in [-0.2, -0.15) is 0 Å². The van der Waals surface area contributed by atoms with Crippen molar-refractivity contribution in [3.05, 3.63) is 23.2 Å². The molecule has 6 nitrogen and oxygen atoms in total. The minimum atomic E-state index is -0.157. The Bertz CT molecular complexity index is 759.